The third kappa shape index (κ3) is 2.93. The molecule has 0 aliphatic rings. The molecule has 0 aromatic heterocycles. The quantitative estimate of drug-likeness (QED) is 0.905. The molecule has 2 rings (SSSR count). The zero-order valence-corrected chi connectivity index (χ0v) is 11.4. The lowest BCUT2D eigenvalue weighted by Crippen LogP contribution is -2.17. The number of nitrogens with two attached hydrogens (primary N) is 1. The Kier molecular flexibility index (Phi) is 4.17. The Morgan fingerprint density at radius 2 is 1.89 bits per heavy atom. The van der Waals surface area contributed by atoms with Gasteiger partial charge in [0.05, 0.1) is 0 Å². The molecular formula is C16H19FN2. The summed E-state index contributed by atoms with van der Waals surface area (Å²) in [6.45, 7) is 5.23. The van der Waals surface area contributed by atoms with Crippen molar-refractivity contribution in [2.75, 3.05) is 11.4 Å². The Hall–Kier alpha value is -1.87. The van der Waals surface area contributed by atoms with Gasteiger partial charge in [0.1, 0.15) is 5.82 Å². The van der Waals surface area contributed by atoms with Gasteiger partial charge in [-0.2, -0.15) is 0 Å². The fourth-order valence-electron chi connectivity index (χ4n) is 2.27. The van der Waals surface area contributed by atoms with E-state index in [2.05, 4.69) is 24.8 Å². The molecule has 0 bridgehead atoms. The van der Waals surface area contributed by atoms with E-state index < -0.39 is 0 Å². The standard InChI is InChI=1S/C16H19FN2/c1-3-19(16-7-5-4-6-12(16)2)15-9-13(11-18)8-14(17)10-15/h4-10H,3,11,18H2,1-2H3. The first-order chi connectivity index (χ1) is 9.15. The number of hydrogen-bond acceptors (Lipinski definition) is 2. The maximum Gasteiger partial charge on any atom is 0.125 e. The summed E-state index contributed by atoms with van der Waals surface area (Å²) in [5.74, 6) is -0.245. The van der Waals surface area contributed by atoms with Gasteiger partial charge in [-0.1, -0.05) is 18.2 Å². The van der Waals surface area contributed by atoms with E-state index in [1.54, 1.807) is 6.07 Å². The lowest BCUT2D eigenvalue weighted by Gasteiger charge is -2.25. The SMILES string of the molecule is CCN(c1cc(F)cc(CN)c1)c1ccccc1C. The van der Waals surface area contributed by atoms with Gasteiger partial charge in [-0.3, -0.25) is 0 Å². The number of hydrogen-bond donors (Lipinski definition) is 1. The summed E-state index contributed by atoms with van der Waals surface area (Å²) in [4.78, 5) is 2.09. The van der Waals surface area contributed by atoms with E-state index in [0.29, 0.717) is 6.54 Å². The molecule has 19 heavy (non-hydrogen) atoms. The van der Waals surface area contributed by atoms with Gasteiger partial charge in [0, 0.05) is 24.5 Å². The molecule has 0 saturated carbocycles. The van der Waals surface area contributed by atoms with Crippen molar-refractivity contribution < 1.29 is 4.39 Å². The number of nitrogens with zero attached hydrogens (tertiary/aromatic N) is 1. The average Bonchev–Trinajstić information content (AvgIpc) is 2.41. The minimum atomic E-state index is -0.245. The lowest BCUT2D eigenvalue weighted by atomic mass is 10.1. The smallest absolute Gasteiger partial charge is 0.125 e. The van der Waals surface area contributed by atoms with Crippen LogP contribution in [-0.4, -0.2) is 6.54 Å². The van der Waals surface area contributed by atoms with Gasteiger partial charge in [-0.05, 0) is 49.2 Å². The van der Waals surface area contributed by atoms with Crippen LogP contribution in [0.1, 0.15) is 18.1 Å². The summed E-state index contributed by atoms with van der Waals surface area (Å²) in [6, 6.07) is 13.1. The fraction of sp³-hybridized carbons (Fsp3) is 0.250. The molecule has 2 nitrogen and oxygen atoms in total. The lowest BCUT2D eigenvalue weighted by molar-refractivity contribution is 0.625. The highest BCUT2D eigenvalue weighted by molar-refractivity contribution is 5.66. The molecule has 0 aliphatic heterocycles. The van der Waals surface area contributed by atoms with Crippen molar-refractivity contribution >= 4 is 11.4 Å². The monoisotopic (exact) mass is 258 g/mol. The second-order valence-electron chi connectivity index (χ2n) is 4.55. The zero-order valence-electron chi connectivity index (χ0n) is 11.4. The molecule has 0 unspecified atom stereocenters. The van der Waals surface area contributed by atoms with E-state index in [4.69, 9.17) is 5.73 Å². The van der Waals surface area contributed by atoms with E-state index in [-0.39, 0.29) is 5.82 Å². The van der Waals surface area contributed by atoms with Crippen molar-refractivity contribution in [3.05, 3.63) is 59.4 Å². The van der Waals surface area contributed by atoms with Crippen molar-refractivity contribution in [2.24, 2.45) is 5.73 Å². The van der Waals surface area contributed by atoms with Crippen molar-refractivity contribution in [3.8, 4) is 0 Å². The maximum absolute atomic E-state index is 13.6. The largest absolute Gasteiger partial charge is 0.341 e. The summed E-state index contributed by atoms with van der Waals surface area (Å²) >= 11 is 0. The van der Waals surface area contributed by atoms with E-state index in [1.807, 2.05) is 24.3 Å². The first-order valence-corrected chi connectivity index (χ1v) is 6.48. The van der Waals surface area contributed by atoms with Gasteiger partial charge >= 0.3 is 0 Å². The van der Waals surface area contributed by atoms with Crippen molar-refractivity contribution in [3.63, 3.8) is 0 Å². The predicted octanol–water partition coefficient (Wildman–Crippen LogP) is 3.75. The van der Waals surface area contributed by atoms with Crippen LogP contribution in [0.15, 0.2) is 42.5 Å². The van der Waals surface area contributed by atoms with Gasteiger partial charge in [-0.15, -0.1) is 0 Å². The first kappa shape index (κ1) is 13.6. The Balaban J connectivity index is 2.48. The van der Waals surface area contributed by atoms with Crippen LogP contribution in [-0.2, 0) is 6.54 Å². The average molecular weight is 258 g/mol. The summed E-state index contributed by atoms with van der Waals surface area (Å²) < 4.78 is 13.6. The van der Waals surface area contributed by atoms with Crippen LogP contribution in [0.4, 0.5) is 15.8 Å². The summed E-state index contributed by atoms with van der Waals surface area (Å²) in [5.41, 5.74) is 9.53. The van der Waals surface area contributed by atoms with Gasteiger partial charge < -0.3 is 10.6 Å². The molecule has 0 aliphatic carbocycles. The van der Waals surface area contributed by atoms with E-state index >= 15 is 0 Å². The van der Waals surface area contributed by atoms with Gasteiger partial charge in [-0.25, -0.2) is 4.39 Å². The van der Waals surface area contributed by atoms with Crippen LogP contribution in [0.5, 0.6) is 0 Å². The Bertz CT molecular complexity index is 566. The van der Waals surface area contributed by atoms with Crippen LogP contribution >= 0.6 is 0 Å². The molecule has 0 heterocycles. The van der Waals surface area contributed by atoms with Crippen LogP contribution in [0.3, 0.4) is 0 Å². The van der Waals surface area contributed by atoms with Crippen LogP contribution in [0.25, 0.3) is 0 Å². The molecule has 2 N–H and O–H groups in total. The van der Waals surface area contributed by atoms with E-state index in [1.165, 1.54) is 11.6 Å². The maximum atomic E-state index is 13.6. The number of benzene rings is 2. The fourth-order valence-corrected chi connectivity index (χ4v) is 2.27. The van der Waals surface area contributed by atoms with Crippen molar-refractivity contribution in [2.45, 2.75) is 20.4 Å². The topological polar surface area (TPSA) is 29.3 Å². The van der Waals surface area contributed by atoms with Gasteiger partial charge in [0.2, 0.25) is 0 Å². The number of halogens is 1. The second-order valence-corrected chi connectivity index (χ2v) is 4.55. The molecule has 2 aromatic carbocycles. The Morgan fingerprint density at radius 3 is 2.53 bits per heavy atom. The minimum Gasteiger partial charge on any atom is -0.341 e. The summed E-state index contributed by atoms with van der Waals surface area (Å²) in [6.07, 6.45) is 0. The van der Waals surface area contributed by atoms with Crippen LogP contribution in [0.2, 0.25) is 0 Å². The van der Waals surface area contributed by atoms with E-state index in [9.17, 15) is 4.39 Å². The molecule has 0 amide bonds. The molecule has 2 aromatic rings. The molecule has 3 heteroatoms. The number of para-hydroxylation sites is 1. The first-order valence-electron chi connectivity index (χ1n) is 6.48. The third-order valence-electron chi connectivity index (χ3n) is 3.21. The molecule has 0 saturated heterocycles. The Morgan fingerprint density at radius 1 is 1.16 bits per heavy atom. The predicted molar refractivity (Wildman–Crippen MR) is 78.2 cm³/mol. The third-order valence-corrected chi connectivity index (χ3v) is 3.21. The highest BCUT2D eigenvalue weighted by atomic mass is 19.1. The van der Waals surface area contributed by atoms with Gasteiger partial charge in [0.25, 0.3) is 0 Å². The second kappa shape index (κ2) is 5.85. The number of aryl methyl sites for hydroxylation is 1. The highest BCUT2D eigenvalue weighted by Crippen LogP contribution is 2.29. The number of rotatable bonds is 4. The normalized spacial score (nSPS) is 10.5. The van der Waals surface area contributed by atoms with Crippen LogP contribution < -0.4 is 10.6 Å². The van der Waals surface area contributed by atoms with Crippen molar-refractivity contribution in [1.29, 1.82) is 0 Å². The molecule has 100 valence electrons. The molecule has 0 spiro atoms. The molecular weight excluding hydrogens is 239 g/mol. The highest BCUT2D eigenvalue weighted by Gasteiger charge is 2.11. The minimum absolute atomic E-state index is 0.245. The van der Waals surface area contributed by atoms with Gasteiger partial charge in [0.15, 0.2) is 0 Å². The summed E-state index contributed by atoms with van der Waals surface area (Å²) in [5, 5.41) is 0. The Labute approximate surface area is 113 Å². The van der Waals surface area contributed by atoms with Crippen molar-refractivity contribution in [1.82, 2.24) is 0 Å². The van der Waals surface area contributed by atoms with Crippen LogP contribution in [0, 0.1) is 12.7 Å². The molecule has 0 fully saturated rings. The summed E-state index contributed by atoms with van der Waals surface area (Å²) in [7, 11) is 0. The zero-order chi connectivity index (χ0) is 13.8. The molecule has 0 atom stereocenters. The number of anilines is 2. The molecule has 0 radical (unpaired) electrons. The van der Waals surface area contributed by atoms with E-state index in [0.717, 1.165) is 23.5 Å².